The molecule has 8 heteroatoms. The summed E-state index contributed by atoms with van der Waals surface area (Å²) in [6.45, 7) is -0.00197. The number of hydrogen-bond acceptors (Lipinski definition) is 5. The van der Waals surface area contributed by atoms with Gasteiger partial charge in [-0.2, -0.15) is 10.1 Å². The lowest BCUT2D eigenvalue weighted by Crippen LogP contribution is -2.22. The third kappa shape index (κ3) is 2.93. The van der Waals surface area contributed by atoms with E-state index in [2.05, 4.69) is 10.1 Å². The van der Waals surface area contributed by atoms with Gasteiger partial charge in [0.05, 0.1) is 17.3 Å². The SMILES string of the molecule is COC(=O)Cn1c(=NC(=O)c2ccnn2C)sc2ccccc21. The molecule has 0 radical (unpaired) electrons. The lowest BCUT2D eigenvalue weighted by atomic mass is 10.3. The molecule has 0 saturated heterocycles. The van der Waals surface area contributed by atoms with E-state index in [1.807, 2.05) is 24.3 Å². The number of rotatable bonds is 3. The van der Waals surface area contributed by atoms with Crippen LogP contribution in [0.4, 0.5) is 0 Å². The number of fused-ring (bicyclic) bond motifs is 1. The summed E-state index contributed by atoms with van der Waals surface area (Å²) in [4.78, 5) is 28.6. The van der Waals surface area contributed by atoms with Gasteiger partial charge in [0.15, 0.2) is 4.80 Å². The van der Waals surface area contributed by atoms with Crippen molar-refractivity contribution >= 4 is 33.4 Å². The van der Waals surface area contributed by atoms with Gasteiger partial charge in [0.1, 0.15) is 12.2 Å². The van der Waals surface area contributed by atoms with E-state index in [0.29, 0.717) is 10.5 Å². The second-order valence-corrected chi connectivity index (χ2v) is 5.78. The fourth-order valence-corrected chi connectivity index (χ4v) is 3.21. The Kier molecular flexibility index (Phi) is 4.07. The van der Waals surface area contributed by atoms with Crippen molar-refractivity contribution in [1.82, 2.24) is 14.3 Å². The van der Waals surface area contributed by atoms with Crippen LogP contribution < -0.4 is 4.80 Å². The maximum absolute atomic E-state index is 12.3. The molecule has 0 aliphatic carbocycles. The van der Waals surface area contributed by atoms with E-state index >= 15 is 0 Å². The molecule has 3 rings (SSSR count). The molecule has 0 unspecified atom stereocenters. The van der Waals surface area contributed by atoms with Crippen LogP contribution in [0.5, 0.6) is 0 Å². The van der Waals surface area contributed by atoms with Crippen molar-refractivity contribution in [3.05, 3.63) is 47.0 Å². The Balaban J connectivity index is 2.14. The summed E-state index contributed by atoms with van der Waals surface area (Å²) in [5.41, 5.74) is 1.21. The minimum atomic E-state index is -0.407. The summed E-state index contributed by atoms with van der Waals surface area (Å²) in [5, 5.41) is 3.96. The normalized spacial score (nSPS) is 11.8. The average molecular weight is 330 g/mol. The van der Waals surface area contributed by atoms with Gasteiger partial charge in [-0.1, -0.05) is 23.5 Å². The van der Waals surface area contributed by atoms with Gasteiger partial charge in [-0.25, -0.2) is 0 Å². The van der Waals surface area contributed by atoms with Crippen molar-refractivity contribution in [2.75, 3.05) is 7.11 Å². The van der Waals surface area contributed by atoms with Gasteiger partial charge in [-0.15, -0.1) is 0 Å². The molecule has 0 spiro atoms. The number of aromatic nitrogens is 3. The van der Waals surface area contributed by atoms with E-state index in [-0.39, 0.29) is 6.54 Å². The topological polar surface area (TPSA) is 78.5 Å². The molecule has 0 saturated carbocycles. The number of aryl methyl sites for hydroxylation is 1. The number of para-hydroxylation sites is 1. The molecule has 2 aromatic heterocycles. The number of carbonyl (C=O) groups is 2. The zero-order chi connectivity index (χ0) is 16.4. The van der Waals surface area contributed by atoms with E-state index in [0.717, 1.165) is 10.2 Å². The van der Waals surface area contributed by atoms with Crippen LogP contribution >= 0.6 is 11.3 Å². The highest BCUT2D eigenvalue weighted by atomic mass is 32.1. The van der Waals surface area contributed by atoms with Crippen molar-refractivity contribution in [3.63, 3.8) is 0 Å². The lowest BCUT2D eigenvalue weighted by Gasteiger charge is -2.03. The molecule has 0 N–H and O–H groups in total. The minimum Gasteiger partial charge on any atom is -0.468 e. The molecule has 1 aromatic carbocycles. The van der Waals surface area contributed by atoms with Crippen molar-refractivity contribution in [1.29, 1.82) is 0 Å². The fraction of sp³-hybridized carbons (Fsp3) is 0.200. The quantitative estimate of drug-likeness (QED) is 0.679. The summed E-state index contributed by atoms with van der Waals surface area (Å²) in [6.07, 6.45) is 1.54. The van der Waals surface area contributed by atoms with Crippen LogP contribution in [0.1, 0.15) is 10.5 Å². The van der Waals surface area contributed by atoms with Crippen molar-refractivity contribution in [2.24, 2.45) is 12.0 Å². The summed E-state index contributed by atoms with van der Waals surface area (Å²) in [5.74, 6) is -0.807. The van der Waals surface area contributed by atoms with Gasteiger partial charge in [-0.05, 0) is 18.2 Å². The highest BCUT2D eigenvalue weighted by Crippen LogP contribution is 2.16. The summed E-state index contributed by atoms with van der Waals surface area (Å²) in [6, 6.07) is 9.16. The Bertz CT molecular complexity index is 951. The number of esters is 1. The van der Waals surface area contributed by atoms with Crippen LogP contribution in [0.15, 0.2) is 41.5 Å². The number of amides is 1. The average Bonchev–Trinajstić information content (AvgIpc) is 3.11. The molecule has 23 heavy (non-hydrogen) atoms. The first-order valence-corrected chi connectivity index (χ1v) is 7.64. The minimum absolute atomic E-state index is 0.00197. The molecule has 1 amide bonds. The maximum Gasteiger partial charge on any atom is 0.325 e. The smallest absolute Gasteiger partial charge is 0.325 e. The van der Waals surface area contributed by atoms with E-state index in [1.54, 1.807) is 17.7 Å². The number of methoxy groups -OCH3 is 1. The monoisotopic (exact) mass is 330 g/mol. The van der Waals surface area contributed by atoms with Crippen molar-refractivity contribution in [3.8, 4) is 0 Å². The van der Waals surface area contributed by atoms with Crippen LogP contribution in [-0.2, 0) is 23.1 Å². The standard InChI is InChI=1S/C15H14N4O3S/c1-18-11(7-8-16-18)14(21)17-15-19(9-13(20)22-2)10-5-3-4-6-12(10)23-15/h3-8H,9H2,1-2H3. The number of nitrogens with zero attached hydrogens (tertiary/aromatic N) is 4. The van der Waals surface area contributed by atoms with Gasteiger partial charge in [0.25, 0.3) is 5.91 Å². The van der Waals surface area contributed by atoms with Crippen LogP contribution in [0.25, 0.3) is 10.2 Å². The molecule has 0 fully saturated rings. The zero-order valence-corrected chi connectivity index (χ0v) is 13.4. The van der Waals surface area contributed by atoms with Gasteiger partial charge in [0.2, 0.25) is 0 Å². The third-order valence-electron chi connectivity index (χ3n) is 3.34. The van der Waals surface area contributed by atoms with E-state index in [4.69, 9.17) is 4.74 Å². The van der Waals surface area contributed by atoms with Gasteiger partial charge in [-0.3, -0.25) is 14.3 Å². The van der Waals surface area contributed by atoms with Crippen LogP contribution in [0.2, 0.25) is 0 Å². The van der Waals surface area contributed by atoms with E-state index in [1.165, 1.54) is 29.3 Å². The number of thiazole rings is 1. The van der Waals surface area contributed by atoms with Crippen LogP contribution in [-0.4, -0.2) is 33.3 Å². The molecule has 7 nitrogen and oxygen atoms in total. The Labute approximate surface area is 135 Å². The molecule has 0 bridgehead atoms. The number of hydrogen-bond donors (Lipinski definition) is 0. The summed E-state index contributed by atoms with van der Waals surface area (Å²) < 4.78 is 8.81. The molecular weight excluding hydrogens is 316 g/mol. The lowest BCUT2D eigenvalue weighted by molar-refractivity contribution is -0.141. The van der Waals surface area contributed by atoms with Crippen LogP contribution in [0, 0.1) is 0 Å². The predicted molar refractivity (Wildman–Crippen MR) is 84.9 cm³/mol. The highest BCUT2D eigenvalue weighted by Gasteiger charge is 2.13. The Morgan fingerprint density at radius 2 is 2.09 bits per heavy atom. The molecule has 0 aliphatic heterocycles. The number of benzene rings is 1. The Morgan fingerprint density at radius 3 is 2.78 bits per heavy atom. The van der Waals surface area contributed by atoms with Crippen molar-refractivity contribution in [2.45, 2.75) is 6.54 Å². The first-order chi connectivity index (χ1) is 11.1. The number of carbonyl (C=O) groups excluding carboxylic acids is 2. The first-order valence-electron chi connectivity index (χ1n) is 6.82. The Morgan fingerprint density at radius 1 is 1.30 bits per heavy atom. The summed E-state index contributed by atoms with van der Waals surface area (Å²) in [7, 11) is 3.01. The molecular formula is C15H14N4O3S. The van der Waals surface area contributed by atoms with Gasteiger partial charge < -0.3 is 9.30 Å². The molecule has 3 aromatic rings. The summed E-state index contributed by atoms with van der Waals surface area (Å²) >= 11 is 1.35. The van der Waals surface area contributed by atoms with E-state index < -0.39 is 11.9 Å². The zero-order valence-electron chi connectivity index (χ0n) is 12.6. The third-order valence-corrected chi connectivity index (χ3v) is 4.40. The molecule has 118 valence electrons. The first kappa shape index (κ1) is 15.2. The molecule has 2 heterocycles. The highest BCUT2D eigenvalue weighted by molar-refractivity contribution is 7.16. The predicted octanol–water partition coefficient (Wildman–Crippen LogP) is 1.35. The van der Waals surface area contributed by atoms with Crippen LogP contribution in [0.3, 0.4) is 0 Å². The Hall–Kier alpha value is -2.74. The van der Waals surface area contributed by atoms with E-state index in [9.17, 15) is 9.59 Å². The second kappa shape index (κ2) is 6.17. The van der Waals surface area contributed by atoms with Crippen molar-refractivity contribution < 1.29 is 14.3 Å². The second-order valence-electron chi connectivity index (χ2n) is 4.77. The molecule has 0 aliphatic rings. The molecule has 0 atom stereocenters. The van der Waals surface area contributed by atoms with Gasteiger partial charge >= 0.3 is 5.97 Å². The largest absolute Gasteiger partial charge is 0.468 e. The maximum atomic E-state index is 12.3. The number of ether oxygens (including phenoxy) is 1. The fourth-order valence-electron chi connectivity index (χ4n) is 2.18. The van der Waals surface area contributed by atoms with Gasteiger partial charge in [0, 0.05) is 13.2 Å².